The molecule has 0 aliphatic heterocycles. The predicted molar refractivity (Wildman–Crippen MR) is 141 cm³/mol. The van der Waals surface area contributed by atoms with Gasteiger partial charge in [-0.2, -0.15) is 0 Å². The van der Waals surface area contributed by atoms with E-state index in [2.05, 4.69) is 16.0 Å². The van der Waals surface area contributed by atoms with Gasteiger partial charge in [-0.3, -0.25) is 19.2 Å². The van der Waals surface area contributed by atoms with E-state index in [0.29, 0.717) is 25.8 Å². The smallest absolute Gasteiger partial charge is 0.326 e. The number of benzene rings is 1. The molecule has 12 nitrogen and oxygen atoms in total. The van der Waals surface area contributed by atoms with Gasteiger partial charge < -0.3 is 37.6 Å². The molecule has 212 valence electrons. The third-order valence-corrected chi connectivity index (χ3v) is 6.32. The normalized spacial score (nSPS) is 14.8. The Balaban J connectivity index is 3.12. The van der Waals surface area contributed by atoms with Crippen LogP contribution in [0.4, 0.5) is 0 Å². The molecule has 9 N–H and O–H groups in total. The van der Waals surface area contributed by atoms with Crippen LogP contribution < -0.4 is 27.4 Å². The maximum Gasteiger partial charge on any atom is 0.326 e. The number of carboxylic acid groups (broad SMARTS) is 2. The summed E-state index contributed by atoms with van der Waals surface area (Å²) in [7, 11) is 0. The van der Waals surface area contributed by atoms with Crippen molar-refractivity contribution in [1.29, 1.82) is 0 Å². The molecular weight excluding hydrogens is 494 g/mol. The van der Waals surface area contributed by atoms with Crippen molar-refractivity contribution >= 4 is 29.7 Å². The highest BCUT2D eigenvalue weighted by atomic mass is 16.4. The Bertz CT molecular complexity index is 928. The molecule has 38 heavy (non-hydrogen) atoms. The molecule has 5 unspecified atom stereocenters. The predicted octanol–water partition coefficient (Wildman–Crippen LogP) is 0.135. The summed E-state index contributed by atoms with van der Waals surface area (Å²) in [5.74, 6) is -4.68. The lowest BCUT2D eigenvalue weighted by Gasteiger charge is -2.26. The molecule has 3 amide bonds. The Hall–Kier alpha value is -3.51. The highest BCUT2D eigenvalue weighted by molar-refractivity contribution is 5.94. The second-order valence-electron chi connectivity index (χ2n) is 9.34. The molecule has 0 radical (unpaired) electrons. The minimum absolute atomic E-state index is 0.0930. The number of carbonyl (C=O) groups excluding carboxylic acids is 3. The summed E-state index contributed by atoms with van der Waals surface area (Å²) in [4.78, 5) is 61.9. The molecule has 0 saturated heterocycles. The lowest BCUT2D eigenvalue weighted by Crippen LogP contribution is -2.58. The van der Waals surface area contributed by atoms with E-state index < -0.39 is 60.2 Å². The number of carboxylic acids is 2. The lowest BCUT2D eigenvalue weighted by molar-refractivity contribution is -0.143. The Morgan fingerprint density at radius 1 is 0.842 bits per heavy atom. The molecule has 1 rings (SSSR count). The summed E-state index contributed by atoms with van der Waals surface area (Å²) in [6.07, 6.45) is 1.17. The fourth-order valence-corrected chi connectivity index (χ4v) is 3.67. The molecule has 1 aromatic rings. The molecule has 0 saturated carbocycles. The molecule has 0 spiro atoms. The zero-order chi connectivity index (χ0) is 28.7. The summed E-state index contributed by atoms with van der Waals surface area (Å²) in [6.45, 7) is 4.07. The molecule has 1 aromatic carbocycles. The molecule has 0 fully saturated rings. The molecule has 5 atom stereocenters. The SMILES string of the molecule is CCC(C)C(N)C(=O)NC(Cc1ccccc1)C(=O)NC(CCC(=O)O)C(=O)NC(CCCCN)C(=O)O. The minimum Gasteiger partial charge on any atom is -0.481 e. The van der Waals surface area contributed by atoms with Crippen LogP contribution in [0.2, 0.25) is 0 Å². The number of carbonyl (C=O) groups is 5. The van der Waals surface area contributed by atoms with E-state index in [1.54, 1.807) is 30.3 Å². The van der Waals surface area contributed by atoms with Gasteiger partial charge in [-0.15, -0.1) is 0 Å². The zero-order valence-corrected chi connectivity index (χ0v) is 22.0. The van der Waals surface area contributed by atoms with E-state index in [4.69, 9.17) is 16.6 Å². The summed E-state index contributed by atoms with van der Waals surface area (Å²) < 4.78 is 0. The van der Waals surface area contributed by atoms with Crippen LogP contribution in [0.25, 0.3) is 0 Å². The monoisotopic (exact) mass is 535 g/mol. The van der Waals surface area contributed by atoms with Crippen LogP contribution in [-0.2, 0) is 30.4 Å². The van der Waals surface area contributed by atoms with Crippen molar-refractivity contribution in [3.63, 3.8) is 0 Å². The number of hydrogen-bond donors (Lipinski definition) is 7. The average molecular weight is 536 g/mol. The molecule has 0 heterocycles. The number of unbranched alkanes of at least 4 members (excludes halogenated alkanes) is 1. The standard InChI is InChI=1S/C26H41N5O7/c1-3-16(2)22(28)25(36)31-20(15-17-9-5-4-6-10-17)24(35)29-18(12-13-21(32)33)23(34)30-19(26(37)38)11-7-8-14-27/h4-6,9-10,16,18-20,22H,3,7-8,11-15,27-28H2,1-2H3,(H,29,35)(H,30,34)(H,31,36)(H,32,33)(H,37,38). The van der Waals surface area contributed by atoms with Crippen LogP contribution in [-0.4, -0.2) is 70.6 Å². The third-order valence-electron chi connectivity index (χ3n) is 6.32. The molecule has 0 aromatic heterocycles. The van der Waals surface area contributed by atoms with Crippen molar-refractivity contribution in [3.8, 4) is 0 Å². The Morgan fingerprint density at radius 3 is 1.97 bits per heavy atom. The van der Waals surface area contributed by atoms with Crippen molar-refractivity contribution in [2.24, 2.45) is 17.4 Å². The summed E-state index contributed by atoms with van der Waals surface area (Å²) in [5, 5.41) is 26.2. The van der Waals surface area contributed by atoms with E-state index in [1.807, 2.05) is 13.8 Å². The first kappa shape index (κ1) is 32.5. The van der Waals surface area contributed by atoms with Crippen LogP contribution >= 0.6 is 0 Å². The van der Waals surface area contributed by atoms with E-state index in [-0.39, 0.29) is 25.2 Å². The summed E-state index contributed by atoms with van der Waals surface area (Å²) in [6, 6.07) is 4.35. The average Bonchev–Trinajstić information content (AvgIpc) is 2.89. The van der Waals surface area contributed by atoms with Crippen LogP contribution in [0, 0.1) is 5.92 Å². The highest BCUT2D eigenvalue weighted by Crippen LogP contribution is 2.10. The summed E-state index contributed by atoms with van der Waals surface area (Å²) >= 11 is 0. The number of nitrogens with one attached hydrogen (secondary N) is 3. The van der Waals surface area contributed by atoms with Crippen LogP contribution in [0.15, 0.2) is 30.3 Å². The van der Waals surface area contributed by atoms with Gasteiger partial charge in [0.15, 0.2) is 0 Å². The quantitative estimate of drug-likeness (QED) is 0.127. The Labute approximate surface area is 222 Å². The van der Waals surface area contributed by atoms with E-state index in [0.717, 1.165) is 5.56 Å². The van der Waals surface area contributed by atoms with Crippen molar-refractivity contribution in [3.05, 3.63) is 35.9 Å². The van der Waals surface area contributed by atoms with Gasteiger partial charge in [0.1, 0.15) is 18.1 Å². The van der Waals surface area contributed by atoms with Gasteiger partial charge >= 0.3 is 11.9 Å². The van der Waals surface area contributed by atoms with Crippen LogP contribution in [0.1, 0.15) is 57.9 Å². The first-order chi connectivity index (χ1) is 18.0. The van der Waals surface area contributed by atoms with Gasteiger partial charge in [-0.25, -0.2) is 4.79 Å². The number of rotatable bonds is 18. The molecule has 0 aliphatic carbocycles. The minimum atomic E-state index is -1.34. The van der Waals surface area contributed by atoms with Crippen molar-refractivity contribution in [2.45, 2.75) is 83.0 Å². The van der Waals surface area contributed by atoms with Crippen molar-refractivity contribution in [1.82, 2.24) is 16.0 Å². The van der Waals surface area contributed by atoms with Gasteiger partial charge in [0.25, 0.3) is 0 Å². The van der Waals surface area contributed by atoms with Gasteiger partial charge in [0, 0.05) is 12.8 Å². The maximum atomic E-state index is 13.3. The number of aliphatic carboxylic acids is 2. The first-order valence-electron chi connectivity index (χ1n) is 12.8. The Morgan fingerprint density at radius 2 is 1.42 bits per heavy atom. The van der Waals surface area contributed by atoms with E-state index in [9.17, 15) is 29.1 Å². The van der Waals surface area contributed by atoms with Gasteiger partial charge in [0.2, 0.25) is 17.7 Å². The van der Waals surface area contributed by atoms with Crippen molar-refractivity contribution in [2.75, 3.05) is 6.54 Å². The molecule has 12 heteroatoms. The highest BCUT2D eigenvalue weighted by Gasteiger charge is 2.31. The number of nitrogens with two attached hydrogens (primary N) is 2. The third kappa shape index (κ3) is 11.7. The van der Waals surface area contributed by atoms with Crippen molar-refractivity contribution < 1.29 is 34.2 Å². The second kappa shape index (κ2) is 17.1. The maximum absolute atomic E-state index is 13.3. The second-order valence-corrected chi connectivity index (χ2v) is 9.34. The molecular formula is C26H41N5O7. The summed E-state index contributed by atoms with van der Waals surface area (Å²) in [5.41, 5.74) is 12.2. The molecule has 0 bridgehead atoms. The largest absolute Gasteiger partial charge is 0.481 e. The zero-order valence-electron chi connectivity index (χ0n) is 22.0. The van der Waals surface area contributed by atoms with E-state index >= 15 is 0 Å². The fourth-order valence-electron chi connectivity index (χ4n) is 3.67. The van der Waals surface area contributed by atoms with Gasteiger partial charge in [-0.1, -0.05) is 50.6 Å². The van der Waals surface area contributed by atoms with Gasteiger partial charge in [0.05, 0.1) is 6.04 Å². The number of amides is 3. The fraction of sp³-hybridized carbons (Fsp3) is 0.577. The Kier molecular flexibility index (Phi) is 14.6. The van der Waals surface area contributed by atoms with E-state index in [1.165, 1.54) is 0 Å². The lowest BCUT2D eigenvalue weighted by atomic mass is 9.98. The molecule has 0 aliphatic rings. The topological polar surface area (TPSA) is 214 Å². The van der Waals surface area contributed by atoms with Gasteiger partial charge in [-0.05, 0) is 43.7 Å². The first-order valence-corrected chi connectivity index (χ1v) is 12.8. The van der Waals surface area contributed by atoms with Crippen LogP contribution in [0.3, 0.4) is 0 Å². The van der Waals surface area contributed by atoms with Crippen LogP contribution in [0.5, 0.6) is 0 Å². The number of hydrogen-bond acceptors (Lipinski definition) is 7.